The maximum atomic E-state index is 13.0. The number of hydrogen-bond donors (Lipinski definition) is 2. The van der Waals surface area contributed by atoms with Crippen LogP contribution in [-0.2, 0) is 0 Å². The Hall–Kier alpha value is -1.58. The average Bonchev–Trinajstić information content (AvgIpc) is 2.26. The molecule has 3 nitrogen and oxygen atoms in total. The first-order chi connectivity index (χ1) is 8.00. The standard InChI is InChI=1S/C13H17FN2O/c1-13(5-2-6-13)8-16-12(17)10-7-9(14)3-4-11(10)15/h3-4,7H,2,5-6,8,15H2,1H3,(H,16,17). The summed E-state index contributed by atoms with van der Waals surface area (Å²) in [7, 11) is 0. The van der Waals surface area contributed by atoms with Gasteiger partial charge in [0.2, 0.25) is 0 Å². The fourth-order valence-corrected chi connectivity index (χ4v) is 2.07. The van der Waals surface area contributed by atoms with Gasteiger partial charge in [-0.15, -0.1) is 0 Å². The monoisotopic (exact) mass is 236 g/mol. The van der Waals surface area contributed by atoms with Crippen molar-refractivity contribution in [3.05, 3.63) is 29.6 Å². The number of carbonyl (C=O) groups excluding carboxylic acids is 1. The van der Waals surface area contributed by atoms with Gasteiger partial charge in [0.1, 0.15) is 5.82 Å². The van der Waals surface area contributed by atoms with Crippen molar-refractivity contribution in [2.75, 3.05) is 12.3 Å². The van der Waals surface area contributed by atoms with Gasteiger partial charge in [0.25, 0.3) is 5.91 Å². The van der Waals surface area contributed by atoms with Crippen molar-refractivity contribution in [3.8, 4) is 0 Å². The van der Waals surface area contributed by atoms with Crippen molar-refractivity contribution >= 4 is 11.6 Å². The van der Waals surface area contributed by atoms with Crippen LogP contribution in [0.4, 0.5) is 10.1 Å². The topological polar surface area (TPSA) is 55.1 Å². The Bertz CT molecular complexity index is 441. The summed E-state index contributed by atoms with van der Waals surface area (Å²) in [5.74, 6) is -0.741. The van der Waals surface area contributed by atoms with Crippen LogP contribution in [0.1, 0.15) is 36.5 Å². The Morgan fingerprint density at radius 1 is 1.53 bits per heavy atom. The molecule has 0 spiro atoms. The molecule has 2 rings (SSSR count). The van der Waals surface area contributed by atoms with E-state index in [1.807, 2.05) is 0 Å². The van der Waals surface area contributed by atoms with E-state index in [1.54, 1.807) is 0 Å². The first-order valence-corrected chi connectivity index (χ1v) is 5.83. The van der Waals surface area contributed by atoms with E-state index in [4.69, 9.17) is 5.73 Å². The predicted molar refractivity (Wildman–Crippen MR) is 65.1 cm³/mol. The number of benzene rings is 1. The minimum Gasteiger partial charge on any atom is -0.398 e. The van der Waals surface area contributed by atoms with Crippen LogP contribution < -0.4 is 11.1 Å². The zero-order valence-corrected chi connectivity index (χ0v) is 9.92. The van der Waals surface area contributed by atoms with Crippen molar-refractivity contribution in [2.24, 2.45) is 5.41 Å². The molecule has 1 aliphatic rings. The minimum absolute atomic E-state index is 0.206. The lowest BCUT2D eigenvalue weighted by atomic mass is 9.70. The van der Waals surface area contributed by atoms with Gasteiger partial charge in [0.05, 0.1) is 5.56 Å². The van der Waals surface area contributed by atoms with Crippen molar-refractivity contribution < 1.29 is 9.18 Å². The number of nitrogens with one attached hydrogen (secondary N) is 1. The fourth-order valence-electron chi connectivity index (χ4n) is 2.07. The molecule has 1 aromatic carbocycles. The second-order valence-corrected chi connectivity index (χ2v) is 5.08. The van der Waals surface area contributed by atoms with Crippen LogP contribution >= 0.6 is 0 Å². The number of halogens is 1. The van der Waals surface area contributed by atoms with Gasteiger partial charge >= 0.3 is 0 Å². The van der Waals surface area contributed by atoms with E-state index in [-0.39, 0.29) is 16.9 Å². The average molecular weight is 236 g/mol. The Morgan fingerprint density at radius 2 is 2.24 bits per heavy atom. The summed E-state index contributed by atoms with van der Waals surface area (Å²) in [5, 5.41) is 2.82. The minimum atomic E-state index is -0.445. The highest BCUT2D eigenvalue weighted by Crippen LogP contribution is 2.39. The van der Waals surface area contributed by atoms with Gasteiger partial charge in [-0.3, -0.25) is 4.79 Å². The largest absolute Gasteiger partial charge is 0.398 e. The number of carbonyl (C=O) groups is 1. The van der Waals surface area contributed by atoms with Gasteiger partial charge in [-0.1, -0.05) is 13.3 Å². The molecule has 0 saturated heterocycles. The summed E-state index contributed by atoms with van der Waals surface area (Å²) in [5.41, 5.74) is 6.38. The third-order valence-electron chi connectivity index (χ3n) is 3.50. The number of rotatable bonds is 3. The Kier molecular flexibility index (Phi) is 3.05. The molecule has 0 heterocycles. The van der Waals surface area contributed by atoms with Gasteiger partial charge in [-0.25, -0.2) is 4.39 Å². The molecule has 0 bridgehead atoms. The predicted octanol–water partition coefficient (Wildman–Crippen LogP) is 2.33. The second-order valence-electron chi connectivity index (χ2n) is 5.08. The lowest BCUT2D eigenvalue weighted by Crippen LogP contribution is -2.40. The molecule has 0 atom stereocenters. The molecule has 17 heavy (non-hydrogen) atoms. The summed E-state index contributed by atoms with van der Waals surface area (Å²) in [6.45, 7) is 2.77. The summed E-state index contributed by atoms with van der Waals surface area (Å²) in [6.07, 6.45) is 3.48. The number of amides is 1. The van der Waals surface area contributed by atoms with Crippen molar-refractivity contribution in [1.82, 2.24) is 5.32 Å². The third kappa shape index (κ3) is 2.57. The van der Waals surface area contributed by atoms with Crippen molar-refractivity contribution in [3.63, 3.8) is 0 Å². The lowest BCUT2D eigenvalue weighted by molar-refractivity contribution is 0.0891. The SMILES string of the molecule is CC1(CNC(=O)c2cc(F)ccc2N)CCC1. The van der Waals surface area contributed by atoms with Gasteiger partial charge in [0.15, 0.2) is 0 Å². The van der Waals surface area contributed by atoms with Crippen LogP contribution in [0.3, 0.4) is 0 Å². The summed E-state index contributed by atoms with van der Waals surface area (Å²) < 4.78 is 13.0. The van der Waals surface area contributed by atoms with E-state index >= 15 is 0 Å². The van der Waals surface area contributed by atoms with Gasteiger partial charge in [-0.2, -0.15) is 0 Å². The molecule has 0 radical (unpaired) electrons. The smallest absolute Gasteiger partial charge is 0.253 e. The van der Waals surface area contributed by atoms with Crippen LogP contribution in [0.25, 0.3) is 0 Å². The summed E-state index contributed by atoms with van der Waals surface area (Å²) in [6, 6.07) is 3.84. The Labute approximate surface area is 100 Å². The zero-order valence-electron chi connectivity index (χ0n) is 9.92. The Balaban J connectivity index is 2.01. The van der Waals surface area contributed by atoms with E-state index in [9.17, 15) is 9.18 Å². The quantitative estimate of drug-likeness (QED) is 0.791. The van der Waals surface area contributed by atoms with E-state index in [2.05, 4.69) is 12.2 Å². The van der Waals surface area contributed by atoms with Gasteiger partial charge in [0, 0.05) is 12.2 Å². The van der Waals surface area contributed by atoms with E-state index < -0.39 is 5.82 Å². The van der Waals surface area contributed by atoms with Crippen LogP contribution in [0, 0.1) is 11.2 Å². The molecule has 1 fully saturated rings. The van der Waals surface area contributed by atoms with Crippen LogP contribution in [-0.4, -0.2) is 12.5 Å². The lowest BCUT2D eigenvalue weighted by Gasteiger charge is -2.38. The first kappa shape index (κ1) is 11.9. The number of nitrogen functional groups attached to an aromatic ring is 1. The summed E-state index contributed by atoms with van der Waals surface area (Å²) >= 11 is 0. The van der Waals surface area contributed by atoms with E-state index in [0.29, 0.717) is 12.2 Å². The normalized spacial score (nSPS) is 17.3. The molecular formula is C13H17FN2O. The maximum absolute atomic E-state index is 13.0. The highest BCUT2D eigenvalue weighted by molar-refractivity contribution is 5.99. The van der Waals surface area contributed by atoms with E-state index in [1.165, 1.54) is 24.6 Å². The molecule has 4 heteroatoms. The molecule has 1 amide bonds. The van der Waals surface area contributed by atoms with Crippen molar-refractivity contribution in [1.29, 1.82) is 0 Å². The third-order valence-corrected chi connectivity index (χ3v) is 3.50. The van der Waals surface area contributed by atoms with Gasteiger partial charge < -0.3 is 11.1 Å². The molecule has 0 aliphatic heterocycles. The summed E-state index contributed by atoms with van der Waals surface area (Å²) in [4.78, 5) is 11.8. The Morgan fingerprint density at radius 3 is 2.82 bits per heavy atom. The molecule has 1 aromatic rings. The fraction of sp³-hybridized carbons (Fsp3) is 0.462. The van der Waals surface area contributed by atoms with Gasteiger partial charge in [-0.05, 0) is 36.5 Å². The highest BCUT2D eigenvalue weighted by atomic mass is 19.1. The molecule has 92 valence electrons. The highest BCUT2D eigenvalue weighted by Gasteiger charge is 2.32. The number of anilines is 1. The number of hydrogen-bond acceptors (Lipinski definition) is 2. The molecule has 0 unspecified atom stereocenters. The van der Waals surface area contributed by atoms with Crippen molar-refractivity contribution in [2.45, 2.75) is 26.2 Å². The molecular weight excluding hydrogens is 219 g/mol. The van der Waals surface area contributed by atoms with Crippen LogP contribution in [0.15, 0.2) is 18.2 Å². The molecule has 3 N–H and O–H groups in total. The molecule has 1 saturated carbocycles. The number of nitrogens with two attached hydrogens (primary N) is 1. The van der Waals surface area contributed by atoms with E-state index in [0.717, 1.165) is 12.8 Å². The first-order valence-electron chi connectivity index (χ1n) is 5.83. The maximum Gasteiger partial charge on any atom is 0.253 e. The second kappa shape index (κ2) is 4.35. The molecule has 0 aromatic heterocycles. The van der Waals surface area contributed by atoms with Crippen LogP contribution in [0.2, 0.25) is 0 Å². The molecule has 1 aliphatic carbocycles. The zero-order chi connectivity index (χ0) is 12.5. The van der Waals surface area contributed by atoms with Crippen LogP contribution in [0.5, 0.6) is 0 Å².